The van der Waals surface area contributed by atoms with Gasteiger partial charge in [0.25, 0.3) is 5.91 Å². The third-order valence-corrected chi connectivity index (χ3v) is 6.45. The predicted molar refractivity (Wildman–Crippen MR) is 117 cm³/mol. The zero-order valence-corrected chi connectivity index (χ0v) is 17.6. The number of hydrogen-bond donors (Lipinski definition) is 1. The van der Waals surface area contributed by atoms with Gasteiger partial charge in [0.15, 0.2) is 5.60 Å². The Bertz CT molecular complexity index is 918. The molecule has 1 aliphatic carbocycles. The van der Waals surface area contributed by atoms with Crippen molar-refractivity contribution in [2.24, 2.45) is 11.7 Å². The maximum atomic E-state index is 12.9. The van der Waals surface area contributed by atoms with E-state index in [0.717, 1.165) is 42.4 Å². The minimum atomic E-state index is -1.18. The Hall–Kier alpha value is -2.66. The molecule has 2 fully saturated rings. The molecule has 0 unspecified atom stereocenters. The number of nitrogens with zero attached hydrogens (tertiary/aromatic N) is 1. The molecule has 1 saturated heterocycles. The fraction of sp³-hybridized carbons (Fsp3) is 0.440. The third-order valence-electron chi connectivity index (χ3n) is 6.45. The van der Waals surface area contributed by atoms with E-state index >= 15 is 0 Å². The lowest BCUT2D eigenvalue weighted by Gasteiger charge is -2.41. The van der Waals surface area contributed by atoms with Gasteiger partial charge in [-0.2, -0.15) is 0 Å². The summed E-state index contributed by atoms with van der Waals surface area (Å²) in [6.07, 6.45) is 4.45. The average Bonchev–Trinajstić information content (AvgIpc) is 3.29. The number of carbonyl (C=O) groups is 2. The van der Waals surface area contributed by atoms with E-state index in [1.54, 1.807) is 4.90 Å². The van der Waals surface area contributed by atoms with Crippen LogP contribution in [-0.4, -0.2) is 42.0 Å². The lowest BCUT2D eigenvalue weighted by Crippen LogP contribution is -2.61. The van der Waals surface area contributed by atoms with Gasteiger partial charge in [-0.25, -0.2) is 0 Å². The van der Waals surface area contributed by atoms with Crippen LogP contribution in [0.15, 0.2) is 48.5 Å². The van der Waals surface area contributed by atoms with E-state index < -0.39 is 11.5 Å². The summed E-state index contributed by atoms with van der Waals surface area (Å²) in [5, 5.41) is 0. The van der Waals surface area contributed by atoms with Crippen LogP contribution < -0.4 is 5.73 Å². The highest BCUT2D eigenvalue weighted by atomic mass is 16.5. The Morgan fingerprint density at radius 1 is 1.10 bits per heavy atom. The molecule has 2 aromatic rings. The lowest BCUT2D eigenvalue weighted by atomic mass is 9.89. The van der Waals surface area contributed by atoms with Crippen molar-refractivity contribution >= 4 is 11.8 Å². The quantitative estimate of drug-likeness (QED) is 0.826. The second kappa shape index (κ2) is 8.60. The molecule has 5 heteroatoms. The number of morpholine rings is 1. The normalized spacial score (nSPS) is 22.2. The number of aryl methyl sites for hydroxylation is 1. The van der Waals surface area contributed by atoms with Crippen LogP contribution in [0.1, 0.15) is 36.8 Å². The molecule has 1 heterocycles. The van der Waals surface area contributed by atoms with Gasteiger partial charge in [-0.1, -0.05) is 66.9 Å². The smallest absolute Gasteiger partial charge is 0.251 e. The topological polar surface area (TPSA) is 72.6 Å². The highest BCUT2D eigenvalue weighted by Crippen LogP contribution is 2.30. The molecule has 5 nitrogen and oxygen atoms in total. The summed E-state index contributed by atoms with van der Waals surface area (Å²) < 4.78 is 5.97. The van der Waals surface area contributed by atoms with Gasteiger partial charge in [0.2, 0.25) is 5.91 Å². The molecule has 1 saturated carbocycles. The molecule has 1 atom stereocenters. The first-order valence-electron chi connectivity index (χ1n) is 10.9. The highest BCUT2D eigenvalue weighted by Gasteiger charge is 2.44. The van der Waals surface area contributed by atoms with E-state index in [0.29, 0.717) is 19.6 Å². The molecule has 0 bridgehead atoms. The van der Waals surface area contributed by atoms with E-state index in [1.165, 1.54) is 5.56 Å². The Balaban J connectivity index is 1.56. The number of rotatable bonds is 5. The van der Waals surface area contributed by atoms with Crippen molar-refractivity contribution in [3.05, 3.63) is 59.7 Å². The molecule has 4 rings (SSSR count). The van der Waals surface area contributed by atoms with Crippen molar-refractivity contribution in [3.8, 4) is 11.1 Å². The Labute approximate surface area is 178 Å². The van der Waals surface area contributed by atoms with Crippen LogP contribution in [0.2, 0.25) is 0 Å². The van der Waals surface area contributed by atoms with Gasteiger partial charge in [-0.3, -0.25) is 9.59 Å². The summed E-state index contributed by atoms with van der Waals surface area (Å²) in [6, 6.07) is 16.5. The van der Waals surface area contributed by atoms with Crippen LogP contribution in [0.3, 0.4) is 0 Å². The molecule has 0 spiro atoms. The number of hydrogen-bond acceptors (Lipinski definition) is 3. The van der Waals surface area contributed by atoms with Gasteiger partial charge in [0.05, 0.1) is 13.2 Å². The first kappa shape index (κ1) is 20.6. The average molecular weight is 407 g/mol. The first-order valence-corrected chi connectivity index (χ1v) is 10.9. The highest BCUT2D eigenvalue weighted by molar-refractivity contribution is 5.86. The van der Waals surface area contributed by atoms with Crippen molar-refractivity contribution in [3.63, 3.8) is 0 Å². The maximum Gasteiger partial charge on any atom is 0.251 e. The maximum absolute atomic E-state index is 12.9. The van der Waals surface area contributed by atoms with E-state index in [2.05, 4.69) is 43.3 Å². The van der Waals surface area contributed by atoms with Gasteiger partial charge in [-0.05, 0) is 36.5 Å². The van der Waals surface area contributed by atoms with Crippen molar-refractivity contribution in [2.75, 3.05) is 19.7 Å². The minimum absolute atomic E-state index is 0.0820. The van der Waals surface area contributed by atoms with Crippen LogP contribution >= 0.6 is 0 Å². The zero-order chi connectivity index (χ0) is 21.1. The summed E-state index contributed by atoms with van der Waals surface area (Å²) >= 11 is 0. The van der Waals surface area contributed by atoms with Crippen molar-refractivity contribution in [2.45, 2.75) is 44.6 Å². The molecule has 158 valence electrons. The minimum Gasteiger partial charge on any atom is -0.367 e. The van der Waals surface area contributed by atoms with Crippen molar-refractivity contribution in [1.82, 2.24) is 4.90 Å². The molecule has 2 N–H and O–H groups in total. The number of nitrogens with two attached hydrogens (primary N) is 1. The predicted octanol–water partition coefficient (Wildman–Crippen LogP) is 3.48. The summed E-state index contributed by atoms with van der Waals surface area (Å²) in [5.74, 6) is -0.277. The van der Waals surface area contributed by atoms with E-state index in [4.69, 9.17) is 10.5 Å². The van der Waals surface area contributed by atoms with Gasteiger partial charge in [-0.15, -0.1) is 0 Å². The van der Waals surface area contributed by atoms with Crippen LogP contribution in [-0.2, 0) is 20.7 Å². The molecule has 2 aliphatic rings. The SMILES string of the molecule is Cc1ccc(-c2cccc(C[C@@]3(C(N)=O)CN(C(=O)C4CCCC4)CCO3)c2)cc1. The number of ether oxygens (including phenoxy) is 1. The van der Waals surface area contributed by atoms with Crippen molar-refractivity contribution < 1.29 is 14.3 Å². The molecule has 2 amide bonds. The molecule has 30 heavy (non-hydrogen) atoms. The summed E-state index contributed by atoms with van der Waals surface area (Å²) in [7, 11) is 0. The van der Waals surface area contributed by atoms with Crippen LogP contribution in [0.25, 0.3) is 11.1 Å². The summed E-state index contributed by atoms with van der Waals surface area (Å²) in [5.41, 5.74) is 9.04. The first-order chi connectivity index (χ1) is 14.5. The standard InChI is InChI=1S/C25H30N2O3/c1-18-9-11-20(12-10-18)22-8-4-5-19(15-22)16-25(24(26)29)17-27(13-14-30-25)23(28)21-6-2-3-7-21/h4-5,8-12,15,21H,2-3,6-7,13-14,16-17H2,1H3,(H2,26,29)/t25-/m0/s1. The monoisotopic (exact) mass is 406 g/mol. The molecular formula is C25H30N2O3. The van der Waals surface area contributed by atoms with Crippen molar-refractivity contribution in [1.29, 1.82) is 0 Å². The second-order valence-electron chi connectivity index (χ2n) is 8.69. The van der Waals surface area contributed by atoms with Gasteiger partial charge in [0, 0.05) is 18.9 Å². The van der Waals surface area contributed by atoms with Crippen LogP contribution in [0.4, 0.5) is 0 Å². The summed E-state index contributed by atoms with van der Waals surface area (Å²) in [4.78, 5) is 27.3. The van der Waals surface area contributed by atoms with E-state index in [1.807, 2.05) is 12.1 Å². The van der Waals surface area contributed by atoms with Gasteiger partial charge >= 0.3 is 0 Å². The van der Waals surface area contributed by atoms with Crippen LogP contribution in [0, 0.1) is 12.8 Å². The third kappa shape index (κ3) is 4.26. The second-order valence-corrected chi connectivity index (χ2v) is 8.69. The number of carbonyl (C=O) groups excluding carboxylic acids is 2. The Morgan fingerprint density at radius 3 is 2.53 bits per heavy atom. The van der Waals surface area contributed by atoms with Gasteiger partial charge < -0.3 is 15.4 Å². The van der Waals surface area contributed by atoms with Gasteiger partial charge in [0.1, 0.15) is 0 Å². The van der Waals surface area contributed by atoms with Crippen LogP contribution in [0.5, 0.6) is 0 Å². The molecule has 0 aromatic heterocycles. The zero-order valence-electron chi connectivity index (χ0n) is 17.6. The molecular weight excluding hydrogens is 376 g/mol. The molecule has 0 radical (unpaired) electrons. The molecule has 2 aromatic carbocycles. The fourth-order valence-corrected chi connectivity index (χ4v) is 4.68. The summed E-state index contributed by atoms with van der Waals surface area (Å²) in [6.45, 7) is 3.15. The number of primary amides is 1. The number of amides is 2. The molecule has 1 aliphatic heterocycles. The lowest BCUT2D eigenvalue weighted by molar-refractivity contribution is -0.165. The fourth-order valence-electron chi connectivity index (χ4n) is 4.68. The number of benzene rings is 2. The largest absolute Gasteiger partial charge is 0.367 e. The Kier molecular flexibility index (Phi) is 5.91. The Morgan fingerprint density at radius 2 is 1.83 bits per heavy atom. The van der Waals surface area contributed by atoms with E-state index in [9.17, 15) is 9.59 Å². The van der Waals surface area contributed by atoms with E-state index in [-0.39, 0.29) is 18.4 Å².